The van der Waals surface area contributed by atoms with Crippen LogP contribution in [0.5, 0.6) is 0 Å². The van der Waals surface area contributed by atoms with Gasteiger partial charge >= 0.3 is 0 Å². The lowest BCUT2D eigenvalue weighted by molar-refractivity contribution is 0.0866. The standard InChI is InChI=1S/C17H22INO3/c1-4-12-6-16-14(7-15(12)18)17(21)11(3)8-19(16)13(9-20)10-22-5-2/h6-8,13,20H,4-5,9-10H2,1-3H3/t13-/m1/s1. The number of pyridine rings is 1. The van der Waals surface area contributed by atoms with Crippen molar-refractivity contribution in [2.45, 2.75) is 33.2 Å². The predicted molar refractivity (Wildman–Crippen MR) is 97.7 cm³/mol. The van der Waals surface area contributed by atoms with Crippen molar-refractivity contribution < 1.29 is 9.84 Å². The number of aliphatic hydroxyl groups is 1. The first-order valence-corrected chi connectivity index (χ1v) is 8.63. The average Bonchev–Trinajstić information content (AvgIpc) is 2.52. The number of benzene rings is 1. The molecule has 1 atom stereocenters. The van der Waals surface area contributed by atoms with Crippen LogP contribution in [0.1, 0.15) is 31.0 Å². The van der Waals surface area contributed by atoms with Crippen molar-refractivity contribution in [2.75, 3.05) is 19.8 Å². The van der Waals surface area contributed by atoms with Gasteiger partial charge in [-0.15, -0.1) is 0 Å². The van der Waals surface area contributed by atoms with Crippen LogP contribution in [-0.4, -0.2) is 29.5 Å². The molecule has 22 heavy (non-hydrogen) atoms. The van der Waals surface area contributed by atoms with Gasteiger partial charge in [0, 0.05) is 27.3 Å². The highest BCUT2D eigenvalue weighted by atomic mass is 127. The van der Waals surface area contributed by atoms with E-state index in [1.807, 2.05) is 30.7 Å². The highest BCUT2D eigenvalue weighted by molar-refractivity contribution is 14.1. The fraction of sp³-hybridized carbons (Fsp3) is 0.471. The third-order valence-corrected chi connectivity index (χ3v) is 4.88. The van der Waals surface area contributed by atoms with Crippen molar-refractivity contribution in [1.29, 1.82) is 0 Å². The fourth-order valence-corrected chi connectivity index (χ4v) is 3.45. The van der Waals surface area contributed by atoms with Crippen molar-refractivity contribution in [3.8, 4) is 0 Å². The molecule has 4 nitrogen and oxygen atoms in total. The van der Waals surface area contributed by atoms with Crippen LogP contribution >= 0.6 is 22.6 Å². The molecule has 5 heteroatoms. The molecule has 0 aliphatic heterocycles. The van der Waals surface area contributed by atoms with E-state index in [0.717, 1.165) is 15.5 Å². The largest absolute Gasteiger partial charge is 0.394 e. The Kier molecular flexibility index (Phi) is 6.00. The molecule has 120 valence electrons. The summed E-state index contributed by atoms with van der Waals surface area (Å²) in [7, 11) is 0. The second kappa shape index (κ2) is 7.57. The molecule has 0 radical (unpaired) electrons. The van der Waals surface area contributed by atoms with Gasteiger partial charge in [0.25, 0.3) is 0 Å². The maximum Gasteiger partial charge on any atom is 0.192 e. The zero-order valence-corrected chi connectivity index (χ0v) is 15.4. The maximum absolute atomic E-state index is 12.4. The van der Waals surface area contributed by atoms with Crippen LogP contribution in [0.2, 0.25) is 0 Å². The molecule has 0 bridgehead atoms. The van der Waals surface area contributed by atoms with Crippen molar-refractivity contribution in [3.05, 3.63) is 43.2 Å². The summed E-state index contributed by atoms with van der Waals surface area (Å²) in [5, 5.41) is 10.4. The van der Waals surface area contributed by atoms with Crippen LogP contribution in [0.15, 0.2) is 23.1 Å². The third-order valence-electron chi connectivity index (χ3n) is 3.88. The number of aliphatic hydroxyl groups excluding tert-OH is 1. The summed E-state index contributed by atoms with van der Waals surface area (Å²) in [4.78, 5) is 12.4. The maximum atomic E-state index is 12.4. The summed E-state index contributed by atoms with van der Waals surface area (Å²) in [5.74, 6) is 0. The minimum absolute atomic E-state index is 0.0230. The second-order valence-corrected chi connectivity index (χ2v) is 6.52. The smallest absolute Gasteiger partial charge is 0.192 e. The summed E-state index contributed by atoms with van der Waals surface area (Å²) in [5.41, 5.74) is 2.81. The molecule has 2 aromatic rings. The van der Waals surface area contributed by atoms with Crippen molar-refractivity contribution in [2.24, 2.45) is 0 Å². The molecule has 0 amide bonds. The Morgan fingerprint density at radius 2 is 2.09 bits per heavy atom. The van der Waals surface area contributed by atoms with E-state index in [2.05, 4.69) is 35.6 Å². The van der Waals surface area contributed by atoms with Gasteiger partial charge in [-0.05, 0) is 60.6 Å². The quantitative estimate of drug-likeness (QED) is 0.739. The zero-order valence-electron chi connectivity index (χ0n) is 13.2. The fourth-order valence-electron chi connectivity index (χ4n) is 2.60. The van der Waals surface area contributed by atoms with E-state index in [0.29, 0.717) is 24.2 Å². The lowest BCUT2D eigenvalue weighted by atomic mass is 10.1. The van der Waals surface area contributed by atoms with Crippen LogP contribution in [0.4, 0.5) is 0 Å². The first-order chi connectivity index (χ1) is 10.5. The molecule has 0 saturated heterocycles. The number of ether oxygens (including phenoxy) is 1. The minimum Gasteiger partial charge on any atom is -0.394 e. The van der Waals surface area contributed by atoms with E-state index >= 15 is 0 Å². The third kappa shape index (κ3) is 3.36. The first-order valence-electron chi connectivity index (χ1n) is 7.55. The van der Waals surface area contributed by atoms with Gasteiger partial charge in [0.1, 0.15) is 0 Å². The minimum atomic E-state index is -0.188. The molecule has 0 unspecified atom stereocenters. The lowest BCUT2D eigenvalue weighted by Gasteiger charge is -2.22. The van der Waals surface area contributed by atoms with Crippen molar-refractivity contribution in [1.82, 2.24) is 4.57 Å². The topological polar surface area (TPSA) is 51.5 Å². The number of rotatable bonds is 6. The van der Waals surface area contributed by atoms with Gasteiger partial charge in [-0.2, -0.15) is 0 Å². The van der Waals surface area contributed by atoms with Gasteiger partial charge in [0.05, 0.1) is 24.8 Å². The highest BCUT2D eigenvalue weighted by Crippen LogP contribution is 2.23. The second-order valence-electron chi connectivity index (χ2n) is 5.36. The first kappa shape index (κ1) is 17.4. The predicted octanol–water partition coefficient (Wildman–Crippen LogP) is 3.05. The van der Waals surface area contributed by atoms with Crippen LogP contribution < -0.4 is 5.43 Å². The Balaban J connectivity index is 2.71. The Morgan fingerprint density at radius 3 is 2.68 bits per heavy atom. The van der Waals surface area contributed by atoms with E-state index in [9.17, 15) is 9.90 Å². The Hall–Kier alpha value is -0.920. The molecule has 0 fully saturated rings. The summed E-state index contributed by atoms with van der Waals surface area (Å²) in [6.45, 7) is 6.85. The monoisotopic (exact) mass is 415 g/mol. The van der Waals surface area contributed by atoms with E-state index < -0.39 is 0 Å². The highest BCUT2D eigenvalue weighted by Gasteiger charge is 2.16. The summed E-state index contributed by atoms with van der Waals surface area (Å²) >= 11 is 2.28. The molecular formula is C17H22INO3. The number of hydrogen-bond donors (Lipinski definition) is 1. The number of aryl methyl sites for hydroxylation is 2. The van der Waals surface area contributed by atoms with E-state index in [1.165, 1.54) is 5.56 Å². The molecule has 0 aliphatic rings. The van der Waals surface area contributed by atoms with Crippen molar-refractivity contribution in [3.63, 3.8) is 0 Å². The average molecular weight is 415 g/mol. The number of aromatic nitrogens is 1. The van der Waals surface area contributed by atoms with Gasteiger partial charge in [-0.25, -0.2) is 0 Å². The van der Waals surface area contributed by atoms with Crippen LogP contribution in [-0.2, 0) is 11.2 Å². The number of nitrogens with zero attached hydrogens (tertiary/aromatic N) is 1. The lowest BCUT2D eigenvalue weighted by Crippen LogP contribution is -2.23. The van der Waals surface area contributed by atoms with Gasteiger partial charge in [0.15, 0.2) is 5.43 Å². The van der Waals surface area contributed by atoms with Gasteiger partial charge in [0.2, 0.25) is 0 Å². The van der Waals surface area contributed by atoms with Gasteiger partial charge < -0.3 is 14.4 Å². The summed E-state index contributed by atoms with van der Waals surface area (Å²) in [6, 6.07) is 3.83. The molecule has 1 aromatic heterocycles. The summed E-state index contributed by atoms with van der Waals surface area (Å²) < 4.78 is 8.57. The molecule has 0 saturated carbocycles. The van der Waals surface area contributed by atoms with Crippen LogP contribution in [0.3, 0.4) is 0 Å². The van der Waals surface area contributed by atoms with Crippen LogP contribution in [0, 0.1) is 10.5 Å². The Morgan fingerprint density at radius 1 is 1.36 bits per heavy atom. The molecular weight excluding hydrogens is 393 g/mol. The molecule has 1 heterocycles. The number of hydrogen-bond acceptors (Lipinski definition) is 3. The number of fused-ring (bicyclic) bond motifs is 1. The molecule has 2 rings (SSSR count). The number of halogens is 1. The Labute approximate surface area is 144 Å². The normalized spacial score (nSPS) is 12.8. The summed E-state index contributed by atoms with van der Waals surface area (Å²) in [6.07, 6.45) is 2.74. The molecule has 1 aromatic carbocycles. The van der Waals surface area contributed by atoms with Gasteiger partial charge in [-0.3, -0.25) is 4.79 Å². The van der Waals surface area contributed by atoms with E-state index in [4.69, 9.17) is 4.74 Å². The van der Waals surface area contributed by atoms with Crippen molar-refractivity contribution >= 4 is 33.5 Å². The van der Waals surface area contributed by atoms with Crippen LogP contribution in [0.25, 0.3) is 10.9 Å². The van der Waals surface area contributed by atoms with E-state index in [-0.39, 0.29) is 18.1 Å². The Bertz CT molecular complexity index is 724. The zero-order chi connectivity index (χ0) is 16.3. The SMILES string of the molecule is CCOC[C@@H](CO)n1cc(C)c(=O)c2cc(I)c(CC)cc21. The molecule has 0 aliphatic carbocycles. The molecule has 0 spiro atoms. The van der Waals surface area contributed by atoms with E-state index in [1.54, 1.807) is 0 Å². The molecule has 1 N–H and O–H groups in total. The van der Waals surface area contributed by atoms with Gasteiger partial charge in [-0.1, -0.05) is 6.92 Å².